The van der Waals surface area contributed by atoms with E-state index in [0.29, 0.717) is 5.92 Å². The summed E-state index contributed by atoms with van der Waals surface area (Å²) in [5, 5.41) is -0.0812. The lowest BCUT2D eigenvalue weighted by Crippen LogP contribution is -2.42. The highest BCUT2D eigenvalue weighted by atomic mass is 35.5. The highest BCUT2D eigenvalue weighted by Crippen LogP contribution is 2.39. The Kier molecular flexibility index (Phi) is 6.85. The lowest BCUT2D eigenvalue weighted by Gasteiger charge is -2.39. The summed E-state index contributed by atoms with van der Waals surface area (Å²) in [4.78, 5) is 0.971. The van der Waals surface area contributed by atoms with E-state index in [0.717, 1.165) is 31.7 Å². The Bertz CT molecular complexity index is 957. The fourth-order valence-corrected chi connectivity index (χ4v) is 6.56. The van der Waals surface area contributed by atoms with Gasteiger partial charge in [-0.05, 0) is 48.8 Å². The van der Waals surface area contributed by atoms with Gasteiger partial charge in [0.15, 0.2) is 0 Å². The summed E-state index contributed by atoms with van der Waals surface area (Å²) in [6, 6.07) is 3.43. The molecule has 0 amide bonds. The van der Waals surface area contributed by atoms with E-state index in [9.17, 15) is 16.8 Å². The largest absolute Gasteiger partial charge is 0.368 e. The maximum atomic E-state index is 12.9. The molecule has 1 N–H and O–H groups in total. The molecule has 1 aromatic rings. The van der Waals surface area contributed by atoms with Gasteiger partial charge in [0.1, 0.15) is 11.2 Å². The molecule has 10 heteroatoms. The number of rotatable bonds is 6. The molecule has 0 aliphatic heterocycles. The second-order valence-electron chi connectivity index (χ2n) is 8.48. The van der Waals surface area contributed by atoms with Crippen LogP contribution in [0.3, 0.4) is 0 Å². The fraction of sp³-hybridized carbons (Fsp3) is 0.611. The monoisotopic (exact) mass is 449 g/mol. The molecule has 0 heterocycles. The minimum Gasteiger partial charge on any atom is -0.368 e. The predicted octanol–water partition coefficient (Wildman–Crippen LogP) is 3.11. The SMILES string of the molecule is CC1CC(NS(=O)(=O)c2ccc(Cl)c(S(=O)(=O)/N=C/N(C)C)c2)CC(C)(C)C1. The quantitative estimate of drug-likeness (QED) is 0.531. The first-order chi connectivity index (χ1) is 12.7. The summed E-state index contributed by atoms with van der Waals surface area (Å²) in [6.07, 6.45) is 3.63. The zero-order valence-corrected chi connectivity index (χ0v) is 19.2. The molecular formula is C18H28ClN3O4S2. The summed E-state index contributed by atoms with van der Waals surface area (Å²) in [5.41, 5.74) is 0.0419. The van der Waals surface area contributed by atoms with E-state index in [-0.39, 0.29) is 26.3 Å². The Balaban J connectivity index is 2.34. The Labute approximate surface area is 173 Å². The molecule has 0 radical (unpaired) electrons. The van der Waals surface area contributed by atoms with Crippen molar-refractivity contribution in [3.05, 3.63) is 23.2 Å². The van der Waals surface area contributed by atoms with Crippen molar-refractivity contribution in [2.75, 3.05) is 14.1 Å². The highest BCUT2D eigenvalue weighted by molar-refractivity contribution is 7.90. The van der Waals surface area contributed by atoms with Gasteiger partial charge >= 0.3 is 0 Å². The van der Waals surface area contributed by atoms with E-state index in [1.807, 2.05) is 0 Å². The van der Waals surface area contributed by atoms with Crippen molar-refractivity contribution in [1.82, 2.24) is 9.62 Å². The van der Waals surface area contributed by atoms with Crippen LogP contribution in [0, 0.1) is 11.3 Å². The van der Waals surface area contributed by atoms with Crippen molar-refractivity contribution in [3.8, 4) is 0 Å². The molecule has 0 spiro atoms. The van der Waals surface area contributed by atoms with E-state index in [4.69, 9.17) is 11.6 Å². The summed E-state index contributed by atoms with van der Waals surface area (Å²) in [7, 11) is -4.78. The van der Waals surface area contributed by atoms with Gasteiger partial charge in [-0.1, -0.05) is 32.4 Å². The van der Waals surface area contributed by atoms with Crippen LogP contribution in [0.15, 0.2) is 32.4 Å². The Hall–Kier alpha value is -1.16. The van der Waals surface area contributed by atoms with E-state index in [1.54, 1.807) is 14.1 Å². The van der Waals surface area contributed by atoms with Gasteiger partial charge in [-0.25, -0.2) is 13.1 Å². The summed E-state index contributed by atoms with van der Waals surface area (Å²) >= 11 is 6.01. The molecule has 2 atom stereocenters. The van der Waals surface area contributed by atoms with E-state index in [1.165, 1.54) is 17.0 Å². The predicted molar refractivity (Wildman–Crippen MR) is 112 cm³/mol. The zero-order valence-electron chi connectivity index (χ0n) is 16.8. The molecule has 2 unspecified atom stereocenters. The van der Waals surface area contributed by atoms with Gasteiger partial charge in [0.25, 0.3) is 10.0 Å². The zero-order chi connectivity index (χ0) is 21.3. The number of nitrogens with zero attached hydrogens (tertiary/aromatic N) is 2. The number of hydrogen-bond donors (Lipinski definition) is 1. The van der Waals surface area contributed by atoms with Gasteiger partial charge in [-0.15, -0.1) is 4.40 Å². The minimum atomic E-state index is -4.13. The van der Waals surface area contributed by atoms with Crippen LogP contribution in [0.5, 0.6) is 0 Å². The van der Waals surface area contributed by atoms with Gasteiger partial charge in [-0.3, -0.25) is 0 Å². The van der Waals surface area contributed by atoms with Gasteiger partial charge in [-0.2, -0.15) is 8.42 Å². The van der Waals surface area contributed by atoms with Crippen LogP contribution in [0.25, 0.3) is 0 Å². The first-order valence-corrected chi connectivity index (χ1v) is 12.3. The topological polar surface area (TPSA) is 95.9 Å². The third-order valence-corrected chi connectivity index (χ3v) is 7.84. The molecule has 1 aromatic carbocycles. The molecule has 0 saturated heterocycles. The average Bonchev–Trinajstić information content (AvgIpc) is 2.50. The van der Waals surface area contributed by atoms with Crippen LogP contribution in [-0.4, -0.2) is 48.2 Å². The molecule has 0 aromatic heterocycles. The molecule has 1 fully saturated rings. The molecule has 7 nitrogen and oxygen atoms in total. The van der Waals surface area contributed by atoms with Crippen molar-refractivity contribution < 1.29 is 16.8 Å². The van der Waals surface area contributed by atoms with Crippen LogP contribution in [-0.2, 0) is 20.0 Å². The molecule has 158 valence electrons. The van der Waals surface area contributed by atoms with Gasteiger partial charge < -0.3 is 4.90 Å². The van der Waals surface area contributed by atoms with Crippen LogP contribution in [0.4, 0.5) is 0 Å². The van der Waals surface area contributed by atoms with Crippen molar-refractivity contribution in [2.24, 2.45) is 15.7 Å². The number of benzene rings is 1. The third kappa shape index (κ3) is 5.92. The van der Waals surface area contributed by atoms with Gasteiger partial charge in [0.2, 0.25) is 10.0 Å². The minimum absolute atomic E-state index is 0.0419. The lowest BCUT2D eigenvalue weighted by atomic mass is 9.71. The van der Waals surface area contributed by atoms with Crippen molar-refractivity contribution in [3.63, 3.8) is 0 Å². The molecule has 1 saturated carbocycles. The maximum absolute atomic E-state index is 12.9. The summed E-state index contributed by atoms with van der Waals surface area (Å²) in [6.45, 7) is 6.36. The second kappa shape index (κ2) is 8.30. The summed E-state index contributed by atoms with van der Waals surface area (Å²) in [5.74, 6) is 0.401. The summed E-state index contributed by atoms with van der Waals surface area (Å²) < 4.78 is 56.9. The molecule has 1 aliphatic rings. The Morgan fingerprint density at radius 3 is 2.43 bits per heavy atom. The molecule has 28 heavy (non-hydrogen) atoms. The number of sulfonamides is 2. The van der Waals surface area contributed by atoms with Crippen molar-refractivity contribution in [2.45, 2.75) is 55.9 Å². The van der Waals surface area contributed by atoms with E-state index >= 15 is 0 Å². The first kappa shape index (κ1) is 23.1. The van der Waals surface area contributed by atoms with Crippen LogP contribution < -0.4 is 4.72 Å². The van der Waals surface area contributed by atoms with E-state index in [2.05, 4.69) is 29.9 Å². The van der Waals surface area contributed by atoms with Crippen LogP contribution in [0.2, 0.25) is 5.02 Å². The molecule has 2 rings (SSSR count). The standard InChI is InChI=1S/C18H28ClN3O4S2/c1-13-8-14(11-18(2,3)10-13)21-27(23,24)15-6-7-16(19)17(9-15)28(25,26)20-12-22(4)5/h6-7,9,12-14,21H,8,10-11H2,1-5H3/b20-12+. The van der Waals surface area contributed by atoms with Crippen LogP contribution in [0.1, 0.15) is 40.0 Å². The van der Waals surface area contributed by atoms with Gasteiger partial charge in [0.05, 0.1) is 9.92 Å². The van der Waals surface area contributed by atoms with Crippen molar-refractivity contribution >= 4 is 38.0 Å². The highest BCUT2D eigenvalue weighted by Gasteiger charge is 2.34. The molecule has 0 bridgehead atoms. The van der Waals surface area contributed by atoms with Crippen LogP contribution >= 0.6 is 11.6 Å². The smallest absolute Gasteiger partial charge is 0.285 e. The molecular weight excluding hydrogens is 422 g/mol. The Morgan fingerprint density at radius 2 is 1.86 bits per heavy atom. The Morgan fingerprint density at radius 1 is 1.21 bits per heavy atom. The fourth-order valence-electron chi connectivity index (χ4n) is 3.78. The van der Waals surface area contributed by atoms with Crippen molar-refractivity contribution in [1.29, 1.82) is 0 Å². The van der Waals surface area contributed by atoms with E-state index < -0.39 is 20.0 Å². The second-order valence-corrected chi connectivity index (χ2v) is 12.2. The number of hydrogen-bond acceptors (Lipinski definition) is 4. The lowest BCUT2D eigenvalue weighted by molar-refractivity contribution is 0.163. The molecule has 1 aliphatic carbocycles. The third-order valence-electron chi connectivity index (χ3n) is 4.62. The number of halogens is 1. The number of nitrogens with one attached hydrogen (secondary N) is 1. The van der Waals surface area contributed by atoms with Gasteiger partial charge in [0, 0.05) is 20.1 Å². The first-order valence-electron chi connectivity index (χ1n) is 9.01. The maximum Gasteiger partial charge on any atom is 0.285 e. The average molecular weight is 450 g/mol. The normalized spacial score (nSPS) is 23.1.